The summed E-state index contributed by atoms with van der Waals surface area (Å²) in [6, 6.07) is 32.5. The molecule has 0 aliphatic carbocycles. The molecule has 154 valence electrons. The van der Waals surface area contributed by atoms with E-state index in [4.69, 9.17) is 0 Å². The molecule has 33 heavy (non-hydrogen) atoms. The lowest BCUT2D eigenvalue weighted by atomic mass is 9.91. The van der Waals surface area contributed by atoms with Crippen molar-refractivity contribution in [2.75, 3.05) is 4.90 Å². The van der Waals surface area contributed by atoms with Crippen LogP contribution in [0.4, 0.5) is 5.69 Å². The summed E-state index contributed by atoms with van der Waals surface area (Å²) in [5, 5.41) is 3.72. The molecule has 0 radical (unpaired) electrons. The first-order valence-electron chi connectivity index (χ1n) is 10.7. The predicted molar refractivity (Wildman–Crippen MR) is 131 cm³/mol. The first-order chi connectivity index (χ1) is 16.2. The quantitative estimate of drug-likeness (QED) is 0.238. The number of hydrogen-bond acceptors (Lipinski definition) is 2. The van der Waals surface area contributed by atoms with E-state index in [0.717, 1.165) is 27.3 Å². The second-order valence-electron chi connectivity index (χ2n) is 7.95. The molecule has 5 aromatic rings. The Hall–Kier alpha value is -4.68. The van der Waals surface area contributed by atoms with Gasteiger partial charge in [0.2, 0.25) is 0 Å². The fraction of sp³-hybridized carbons (Fsp3) is 0. The molecular weight excluding hydrogens is 406 g/mol. The standard InChI is InChI=1S/C30H17NO2/c32-29-26-15-7-14-25-22(17-16-21-10-6-9-20-8-4-5-13-24(20)21)18-19-27(28(25)26)30(33)31(29)23-11-2-1-3-12-23/h1-15,18-19H. The van der Waals surface area contributed by atoms with Crippen molar-refractivity contribution in [2.24, 2.45) is 0 Å². The first kappa shape index (κ1) is 19.0. The van der Waals surface area contributed by atoms with Crippen LogP contribution in [-0.2, 0) is 0 Å². The van der Waals surface area contributed by atoms with Crippen molar-refractivity contribution >= 4 is 39.0 Å². The third-order valence-corrected chi connectivity index (χ3v) is 6.04. The van der Waals surface area contributed by atoms with Gasteiger partial charge < -0.3 is 0 Å². The Morgan fingerprint density at radius 3 is 1.94 bits per heavy atom. The maximum atomic E-state index is 13.3. The van der Waals surface area contributed by atoms with E-state index < -0.39 is 0 Å². The van der Waals surface area contributed by atoms with Crippen molar-refractivity contribution in [2.45, 2.75) is 0 Å². The Morgan fingerprint density at radius 2 is 1.12 bits per heavy atom. The molecule has 0 saturated heterocycles. The van der Waals surface area contributed by atoms with E-state index in [2.05, 4.69) is 30.0 Å². The van der Waals surface area contributed by atoms with Gasteiger partial charge in [0.25, 0.3) is 11.8 Å². The van der Waals surface area contributed by atoms with Gasteiger partial charge in [-0.15, -0.1) is 0 Å². The molecule has 1 aliphatic heterocycles. The lowest BCUT2D eigenvalue weighted by molar-refractivity contribution is 0.0893. The highest BCUT2D eigenvalue weighted by Crippen LogP contribution is 2.34. The Bertz CT molecular complexity index is 1630. The number of imide groups is 1. The van der Waals surface area contributed by atoms with Crippen molar-refractivity contribution in [1.82, 2.24) is 0 Å². The number of anilines is 1. The van der Waals surface area contributed by atoms with E-state index in [1.165, 1.54) is 4.90 Å². The molecular formula is C30H17NO2. The van der Waals surface area contributed by atoms with E-state index in [0.29, 0.717) is 22.2 Å². The van der Waals surface area contributed by atoms with Crippen LogP contribution in [0.15, 0.2) is 103 Å². The molecule has 0 N–H and O–H groups in total. The summed E-state index contributed by atoms with van der Waals surface area (Å²) in [5.41, 5.74) is 3.32. The maximum Gasteiger partial charge on any atom is 0.265 e. The highest BCUT2D eigenvalue weighted by Gasteiger charge is 2.34. The van der Waals surface area contributed by atoms with Gasteiger partial charge in [0, 0.05) is 27.6 Å². The molecule has 0 bridgehead atoms. The third kappa shape index (κ3) is 3.01. The molecule has 5 aromatic carbocycles. The Balaban J connectivity index is 1.51. The topological polar surface area (TPSA) is 37.4 Å². The lowest BCUT2D eigenvalue weighted by Crippen LogP contribution is -2.40. The summed E-state index contributed by atoms with van der Waals surface area (Å²) in [6.45, 7) is 0. The van der Waals surface area contributed by atoms with Gasteiger partial charge in [-0.2, -0.15) is 0 Å². The highest BCUT2D eigenvalue weighted by atomic mass is 16.2. The maximum absolute atomic E-state index is 13.3. The van der Waals surface area contributed by atoms with Gasteiger partial charge in [0.1, 0.15) is 0 Å². The van der Waals surface area contributed by atoms with Crippen LogP contribution in [0.3, 0.4) is 0 Å². The smallest absolute Gasteiger partial charge is 0.265 e. The number of fused-ring (bicyclic) bond motifs is 1. The number of rotatable bonds is 1. The van der Waals surface area contributed by atoms with Crippen LogP contribution in [0.1, 0.15) is 31.8 Å². The molecule has 1 heterocycles. The molecule has 0 spiro atoms. The zero-order valence-corrected chi connectivity index (χ0v) is 17.6. The molecule has 0 aromatic heterocycles. The van der Waals surface area contributed by atoms with Crippen LogP contribution in [0, 0.1) is 11.8 Å². The van der Waals surface area contributed by atoms with Gasteiger partial charge in [-0.3, -0.25) is 9.59 Å². The number of carbonyl (C=O) groups is 2. The Morgan fingerprint density at radius 1 is 0.515 bits per heavy atom. The van der Waals surface area contributed by atoms with Gasteiger partial charge >= 0.3 is 0 Å². The van der Waals surface area contributed by atoms with Crippen LogP contribution in [0.25, 0.3) is 21.5 Å². The molecule has 0 fully saturated rings. The van der Waals surface area contributed by atoms with Crippen molar-refractivity contribution < 1.29 is 9.59 Å². The Kier molecular flexibility index (Phi) is 4.31. The monoisotopic (exact) mass is 423 g/mol. The summed E-state index contributed by atoms with van der Waals surface area (Å²) in [4.78, 5) is 27.9. The summed E-state index contributed by atoms with van der Waals surface area (Å²) in [7, 11) is 0. The number of hydrogen-bond donors (Lipinski definition) is 0. The molecule has 3 heteroatoms. The largest absolute Gasteiger partial charge is 0.268 e. The summed E-state index contributed by atoms with van der Waals surface area (Å²) in [5.74, 6) is 5.95. The number of amides is 2. The zero-order chi connectivity index (χ0) is 22.4. The van der Waals surface area contributed by atoms with E-state index in [1.807, 2.05) is 60.7 Å². The van der Waals surface area contributed by atoms with Crippen molar-refractivity contribution in [3.8, 4) is 11.8 Å². The zero-order valence-electron chi connectivity index (χ0n) is 17.6. The van der Waals surface area contributed by atoms with Crippen LogP contribution in [-0.4, -0.2) is 11.8 Å². The molecule has 3 nitrogen and oxygen atoms in total. The molecule has 2 amide bonds. The lowest BCUT2D eigenvalue weighted by Gasteiger charge is -2.27. The second-order valence-corrected chi connectivity index (χ2v) is 7.95. The molecule has 0 saturated carbocycles. The number of carbonyl (C=O) groups excluding carboxylic acids is 2. The highest BCUT2D eigenvalue weighted by molar-refractivity contribution is 6.36. The number of para-hydroxylation sites is 1. The van der Waals surface area contributed by atoms with Gasteiger partial charge in [-0.1, -0.05) is 78.6 Å². The van der Waals surface area contributed by atoms with Crippen LogP contribution >= 0.6 is 0 Å². The van der Waals surface area contributed by atoms with Crippen LogP contribution in [0.2, 0.25) is 0 Å². The average molecular weight is 423 g/mol. The second kappa shape index (κ2) is 7.47. The van der Waals surface area contributed by atoms with Crippen molar-refractivity contribution in [1.29, 1.82) is 0 Å². The van der Waals surface area contributed by atoms with E-state index in [1.54, 1.807) is 24.3 Å². The van der Waals surface area contributed by atoms with E-state index >= 15 is 0 Å². The number of nitrogens with zero attached hydrogens (tertiary/aromatic N) is 1. The fourth-order valence-corrected chi connectivity index (χ4v) is 4.49. The van der Waals surface area contributed by atoms with Crippen LogP contribution < -0.4 is 4.90 Å². The SMILES string of the molecule is O=C1c2cccc3c(C#Cc4cccc5ccccc45)ccc(c23)C(=O)N1c1ccccc1. The average Bonchev–Trinajstić information content (AvgIpc) is 2.87. The van der Waals surface area contributed by atoms with Gasteiger partial charge in [-0.25, -0.2) is 4.90 Å². The minimum absolute atomic E-state index is 0.316. The molecule has 6 rings (SSSR count). The van der Waals surface area contributed by atoms with E-state index in [9.17, 15) is 9.59 Å². The van der Waals surface area contributed by atoms with Gasteiger partial charge in [0.15, 0.2) is 0 Å². The molecule has 1 aliphatic rings. The van der Waals surface area contributed by atoms with Gasteiger partial charge in [-0.05, 0) is 52.6 Å². The Labute approximate surface area is 190 Å². The predicted octanol–water partition coefficient (Wildman–Crippen LogP) is 6.19. The number of benzene rings is 5. The normalized spacial score (nSPS) is 12.7. The summed E-state index contributed by atoms with van der Waals surface area (Å²) >= 11 is 0. The minimum Gasteiger partial charge on any atom is -0.268 e. The molecule has 0 atom stereocenters. The third-order valence-electron chi connectivity index (χ3n) is 6.04. The summed E-state index contributed by atoms with van der Waals surface area (Å²) in [6.07, 6.45) is 0. The molecule has 0 unspecified atom stereocenters. The van der Waals surface area contributed by atoms with Crippen molar-refractivity contribution in [3.05, 3.63) is 125 Å². The van der Waals surface area contributed by atoms with Crippen LogP contribution in [0.5, 0.6) is 0 Å². The fourth-order valence-electron chi connectivity index (χ4n) is 4.49. The first-order valence-corrected chi connectivity index (χ1v) is 10.7. The van der Waals surface area contributed by atoms with Gasteiger partial charge in [0.05, 0.1) is 5.69 Å². The van der Waals surface area contributed by atoms with E-state index in [-0.39, 0.29) is 11.8 Å². The van der Waals surface area contributed by atoms with Crippen molar-refractivity contribution in [3.63, 3.8) is 0 Å². The minimum atomic E-state index is -0.316. The summed E-state index contributed by atoms with van der Waals surface area (Å²) < 4.78 is 0.